The molecule has 66 valence electrons. The fourth-order valence-corrected chi connectivity index (χ4v) is 0.249. The van der Waals surface area contributed by atoms with E-state index >= 15 is 0 Å². The van der Waals surface area contributed by atoms with Crippen LogP contribution in [0.25, 0.3) is 0 Å². The first-order valence-corrected chi connectivity index (χ1v) is 3.78. The van der Waals surface area contributed by atoms with Crippen LogP contribution in [0.15, 0.2) is 0 Å². The highest BCUT2D eigenvalue weighted by Gasteiger charge is 1.79. The Labute approximate surface area is 68.2 Å². The van der Waals surface area contributed by atoms with Crippen LogP contribution in [-0.2, 0) is 9.59 Å². The number of ketones is 1. The van der Waals surface area contributed by atoms with Gasteiger partial charge in [-0.15, -0.1) is 0 Å². The van der Waals surface area contributed by atoms with Crippen LogP contribution in [0.1, 0.15) is 34.1 Å². The van der Waals surface area contributed by atoms with Crippen LogP contribution in [0, 0.1) is 0 Å². The summed E-state index contributed by atoms with van der Waals surface area (Å²) in [5, 5.41) is 2.57. The quantitative estimate of drug-likeness (QED) is 0.656. The van der Waals surface area contributed by atoms with Crippen molar-refractivity contribution < 1.29 is 9.59 Å². The van der Waals surface area contributed by atoms with E-state index in [1.165, 1.54) is 6.92 Å². The van der Waals surface area contributed by atoms with Crippen LogP contribution in [0.2, 0.25) is 0 Å². The zero-order valence-electron chi connectivity index (χ0n) is 7.73. The van der Waals surface area contributed by atoms with Gasteiger partial charge in [0.05, 0.1) is 0 Å². The molecule has 0 radical (unpaired) electrons. The Morgan fingerprint density at radius 2 is 1.55 bits per heavy atom. The lowest BCUT2D eigenvalue weighted by molar-refractivity contribution is -0.119. The van der Waals surface area contributed by atoms with Crippen LogP contribution in [0.3, 0.4) is 0 Å². The second-order valence-corrected chi connectivity index (χ2v) is 2.14. The third-order valence-corrected chi connectivity index (χ3v) is 0.924. The highest BCUT2D eigenvalue weighted by atomic mass is 16.1. The van der Waals surface area contributed by atoms with Crippen molar-refractivity contribution in [3.63, 3.8) is 0 Å². The summed E-state index contributed by atoms with van der Waals surface area (Å²) in [6.07, 6.45) is 0.667. The Morgan fingerprint density at radius 1 is 1.18 bits per heavy atom. The van der Waals surface area contributed by atoms with E-state index in [0.717, 1.165) is 6.54 Å². The molecule has 3 nitrogen and oxygen atoms in total. The van der Waals surface area contributed by atoms with Crippen LogP contribution in [-0.4, -0.2) is 18.2 Å². The van der Waals surface area contributed by atoms with Gasteiger partial charge in [-0.2, -0.15) is 0 Å². The first kappa shape index (κ1) is 12.8. The van der Waals surface area contributed by atoms with Crippen molar-refractivity contribution >= 4 is 11.7 Å². The number of amides is 1. The lowest BCUT2D eigenvalue weighted by atomic mass is 10.4. The SMILES string of the molecule is CCC(C)=O.CCNC(C)=O. The summed E-state index contributed by atoms with van der Waals surface area (Å²) < 4.78 is 0. The third kappa shape index (κ3) is 27.2. The van der Waals surface area contributed by atoms with Crippen LogP contribution < -0.4 is 5.32 Å². The molecule has 0 atom stereocenters. The van der Waals surface area contributed by atoms with E-state index in [1.54, 1.807) is 6.92 Å². The molecule has 0 aromatic rings. The molecular formula is C8H17NO2. The van der Waals surface area contributed by atoms with Gasteiger partial charge in [-0.05, 0) is 13.8 Å². The smallest absolute Gasteiger partial charge is 0.216 e. The summed E-state index contributed by atoms with van der Waals surface area (Å²) >= 11 is 0. The standard InChI is InChI=1S/C4H9NO.C4H8O/c1-3-5-4(2)6;1-3-4(2)5/h3H2,1-2H3,(H,5,6);3H2,1-2H3. The van der Waals surface area contributed by atoms with Crippen molar-refractivity contribution in [2.24, 2.45) is 0 Å². The number of Topliss-reactive ketones (excluding diaryl/α,β-unsaturated/α-hetero) is 1. The topological polar surface area (TPSA) is 46.2 Å². The minimum Gasteiger partial charge on any atom is -0.357 e. The van der Waals surface area contributed by atoms with E-state index in [4.69, 9.17) is 0 Å². The van der Waals surface area contributed by atoms with Crippen LogP contribution in [0.5, 0.6) is 0 Å². The summed E-state index contributed by atoms with van der Waals surface area (Å²) in [6.45, 7) is 7.56. The predicted octanol–water partition coefficient (Wildman–Crippen LogP) is 1.13. The zero-order valence-corrected chi connectivity index (χ0v) is 7.73. The molecular weight excluding hydrogens is 142 g/mol. The maximum Gasteiger partial charge on any atom is 0.216 e. The summed E-state index contributed by atoms with van der Waals surface area (Å²) in [5.74, 6) is 0.294. The second kappa shape index (κ2) is 9.14. The lowest BCUT2D eigenvalue weighted by Crippen LogP contribution is -2.18. The molecule has 0 heterocycles. The first-order valence-electron chi connectivity index (χ1n) is 3.78. The molecule has 11 heavy (non-hydrogen) atoms. The Morgan fingerprint density at radius 3 is 1.55 bits per heavy atom. The lowest BCUT2D eigenvalue weighted by Gasteiger charge is -1.88. The van der Waals surface area contributed by atoms with Gasteiger partial charge in [0.2, 0.25) is 5.91 Å². The van der Waals surface area contributed by atoms with E-state index in [0.29, 0.717) is 6.42 Å². The van der Waals surface area contributed by atoms with E-state index in [-0.39, 0.29) is 11.7 Å². The number of carbonyl (C=O) groups is 2. The largest absolute Gasteiger partial charge is 0.357 e. The molecule has 0 saturated heterocycles. The number of rotatable bonds is 2. The summed E-state index contributed by atoms with van der Waals surface area (Å²) in [5.41, 5.74) is 0. The number of carbonyl (C=O) groups excluding carboxylic acids is 2. The minimum atomic E-state index is 0.0394. The Hall–Kier alpha value is -0.860. The van der Waals surface area contributed by atoms with Gasteiger partial charge in [0.25, 0.3) is 0 Å². The number of hydrogen-bond donors (Lipinski definition) is 1. The maximum atomic E-state index is 9.93. The van der Waals surface area contributed by atoms with Crippen molar-refractivity contribution in [3.8, 4) is 0 Å². The molecule has 1 amide bonds. The van der Waals surface area contributed by atoms with E-state index in [1.807, 2.05) is 13.8 Å². The van der Waals surface area contributed by atoms with Crippen LogP contribution in [0.4, 0.5) is 0 Å². The summed E-state index contributed by atoms with van der Waals surface area (Å²) in [4.78, 5) is 19.7. The molecule has 0 bridgehead atoms. The average Bonchev–Trinajstić information content (AvgIpc) is 1.89. The second-order valence-electron chi connectivity index (χ2n) is 2.14. The molecule has 0 fully saturated rings. The predicted molar refractivity (Wildman–Crippen MR) is 45.3 cm³/mol. The molecule has 0 aliphatic carbocycles. The van der Waals surface area contributed by atoms with E-state index in [9.17, 15) is 9.59 Å². The molecule has 1 N–H and O–H groups in total. The molecule has 0 aromatic heterocycles. The Bertz CT molecular complexity index is 121. The van der Waals surface area contributed by atoms with Gasteiger partial charge in [0.1, 0.15) is 5.78 Å². The Kier molecular flexibility index (Phi) is 10.6. The molecule has 3 heteroatoms. The van der Waals surface area contributed by atoms with Crippen molar-refractivity contribution in [1.82, 2.24) is 5.32 Å². The van der Waals surface area contributed by atoms with Gasteiger partial charge >= 0.3 is 0 Å². The van der Waals surface area contributed by atoms with Crippen molar-refractivity contribution in [2.45, 2.75) is 34.1 Å². The molecule has 0 aromatic carbocycles. The maximum absolute atomic E-state index is 9.93. The molecule has 0 aliphatic heterocycles. The van der Waals surface area contributed by atoms with Gasteiger partial charge < -0.3 is 10.1 Å². The summed E-state index contributed by atoms with van der Waals surface area (Å²) in [7, 11) is 0. The molecule has 0 saturated carbocycles. The minimum absolute atomic E-state index is 0.0394. The highest BCUT2D eigenvalue weighted by Crippen LogP contribution is 1.71. The zero-order chi connectivity index (χ0) is 9.28. The van der Waals surface area contributed by atoms with Crippen molar-refractivity contribution in [3.05, 3.63) is 0 Å². The van der Waals surface area contributed by atoms with Gasteiger partial charge in [-0.3, -0.25) is 4.79 Å². The molecule has 0 aliphatic rings. The normalized spacial score (nSPS) is 7.64. The number of hydrogen-bond acceptors (Lipinski definition) is 2. The Balaban J connectivity index is 0. The van der Waals surface area contributed by atoms with Gasteiger partial charge in [0, 0.05) is 19.9 Å². The van der Waals surface area contributed by atoms with Crippen molar-refractivity contribution in [1.29, 1.82) is 0 Å². The molecule has 0 rings (SSSR count). The third-order valence-electron chi connectivity index (χ3n) is 0.924. The van der Waals surface area contributed by atoms with E-state index in [2.05, 4.69) is 5.32 Å². The first-order chi connectivity index (χ1) is 5.04. The summed E-state index contributed by atoms with van der Waals surface area (Å²) in [6, 6.07) is 0. The number of nitrogens with one attached hydrogen (secondary N) is 1. The average molecular weight is 159 g/mol. The highest BCUT2D eigenvalue weighted by molar-refractivity contribution is 5.74. The van der Waals surface area contributed by atoms with Gasteiger partial charge in [-0.25, -0.2) is 0 Å². The van der Waals surface area contributed by atoms with Crippen LogP contribution >= 0.6 is 0 Å². The fourth-order valence-electron chi connectivity index (χ4n) is 0.249. The van der Waals surface area contributed by atoms with E-state index < -0.39 is 0 Å². The monoisotopic (exact) mass is 159 g/mol. The van der Waals surface area contributed by atoms with Gasteiger partial charge in [-0.1, -0.05) is 6.92 Å². The molecule has 0 spiro atoms. The molecule has 0 unspecified atom stereocenters. The van der Waals surface area contributed by atoms with Crippen molar-refractivity contribution in [2.75, 3.05) is 6.54 Å². The van der Waals surface area contributed by atoms with Gasteiger partial charge in [0.15, 0.2) is 0 Å². The fraction of sp³-hybridized carbons (Fsp3) is 0.750.